The smallest absolute Gasteiger partial charge is 0.111 e. The molecule has 1 aromatic heterocycles. The van der Waals surface area contributed by atoms with E-state index in [-0.39, 0.29) is 6.04 Å². The molecule has 1 saturated carbocycles. The van der Waals surface area contributed by atoms with Gasteiger partial charge in [-0.2, -0.15) is 0 Å². The highest BCUT2D eigenvalue weighted by Crippen LogP contribution is 2.27. The van der Waals surface area contributed by atoms with Crippen LogP contribution in [0.4, 0.5) is 0 Å². The van der Waals surface area contributed by atoms with Crippen molar-refractivity contribution in [3.05, 3.63) is 30.1 Å². The number of fused-ring (bicyclic) bond motifs is 1. The van der Waals surface area contributed by atoms with Crippen molar-refractivity contribution in [1.29, 1.82) is 0 Å². The van der Waals surface area contributed by atoms with Crippen molar-refractivity contribution in [3.63, 3.8) is 0 Å². The molecular weight excluding hydrogens is 258 g/mol. The maximum absolute atomic E-state index is 6.43. The zero-order chi connectivity index (χ0) is 14.7. The molecule has 1 fully saturated rings. The molecule has 0 aliphatic heterocycles. The molecule has 2 N–H and O–H groups in total. The summed E-state index contributed by atoms with van der Waals surface area (Å²) in [7, 11) is 0. The molecule has 1 aromatic carbocycles. The van der Waals surface area contributed by atoms with Gasteiger partial charge in [-0.3, -0.25) is 0 Å². The highest BCUT2D eigenvalue weighted by atomic mass is 15.1. The van der Waals surface area contributed by atoms with Crippen LogP contribution in [0.5, 0.6) is 0 Å². The van der Waals surface area contributed by atoms with E-state index < -0.39 is 0 Å². The molecule has 2 aromatic rings. The van der Waals surface area contributed by atoms with Crippen molar-refractivity contribution in [1.82, 2.24) is 9.55 Å². The molecule has 0 radical (unpaired) electrons. The van der Waals surface area contributed by atoms with Gasteiger partial charge in [0.25, 0.3) is 0 Å². The van der Waals surface area contributed by atoms with Crippen molar-refractivity contribution in [2.24, 2.45) is 11.7 Å². The van der Waals surface area contributed by atoms with Crippen LogP contribution in [-0.2, 0) is 13.0 Å². The zero-order valence-electron chi connectivity index (χ0n) is 13.1. The largest absolute Gasteiger partial charge is 0.328 e. The Bertz CT molecular complexity index is 581. The topological polar surface area (TPSA) is 43.8 Å². The molecule has 1 aliphatic rings. The molecular formula is C18H27N3. The molecule has 3 heteroatoms. The van der Waals surface area contributed by atoms with Crippen LogP contribution < -0.4 is 5.73 Å². The highest BCUT2D eigenvalue weighted by Gasteiger charge is 2.19. The second-order valence-corrected chi connectivity index (χ2v) is 6.46. The molecule has 114 valence electrons. The zero-order valence-corrected chi connectivity index (χ0v) is 13.1. The normalized spacial score (nSPS) is 18.2. The Morgan fingerprint density at radius 1 is 1.24 bits per heavy atom. The summed E-state index contributed by atoms with van der Waals surface area (Å²) in [6.45, 7) is 3.15. The average molecular weight is 285 g/mol. The predicted octanol–water partition coefficient (Wildman–Crippen LogP) is 3.90. The van der Waals surface area contributed by atoms with Crippen LogP contribution in [0.25, 0.3) is 11.0 Å². The van der Waals surface area contributed by atoms with Gasteiger partial charge in [-0.15, -0.1) is 0 Å². The molecule has 1 aliphatic carbocycles. The quantitative estimate of drug-likeness (QED) is 0.905. The summed E-state index contributed by atoms with van der Waals surface area (Å²) in [5, 5.41) is 0. The van der Waals surface area contributed by atoms with E-state index in [4.69, 9.17) is 10.7 Å². The predicted molar refractivity (Wildman–Crippen MR) is 88.3 cm³/mol. The van der Waals surface area contributed by atoms with Crippen LogP contribution in [0.15, 0.2) is 24.3 Å². The van der Waals surface area contributed by atoms with Gasteiger partial charge in [0.1, 0.15) is 5.82 Å². The van der Waals surface area contributed by atoms with Gasteiger partial charge in [0.15, 0.2) is 0 Å². The Labute approximate surface area is 127 Å². The van der Waals surface area contributed by atoms with Crippen LogP contribution in [0.2, 0.25) is 0 Å². The van der Waals surface area contributed by atoms with Gasteiger partial charge in [-0.1, -0.05) is 44.2 Å². The Balaban J connectivity index is 1.71. The van der Waals surface area contributed by atoms with E-state index in [9.17, 15) is 0 Å². The minimum atomic E-state index is 0.246. The minimum absolute atomic E-state index is 0.246. The average Bonchev–Trinajstić information content (AvgIpc) is 2.85. The van der Waals surface area contributed by atoms with E-state index in [0.29, 0.717) is 0 Å². The highest BCUT2D eigenvalue weighted by molar-refractivity contribution is 5.75. The SMILES string of the molecule is CCn1c(CC(N)CC2CCCCC2)nc2ccccc21. The van der Waals surface area contributed by atoms with Gasteiger partial charge in [-0.25, -0.2) is 4.98 Å². The van der Waals surface area contributed by atoms with E-state index in [0.717, 1.165) is 36.6 Å². The molecule has 3 rings (SSSR count). The van der Waals surface area contributed by atoms with Crippen LogP contribution in [-0.4, -0.2) is 15.6 Å². The molecule has 1 unspecified atom stereocenters. The summed E-state index contributed by atoms with van der Waals surface area (Å²) in [6, 6.07) is 8.64. The van der Waals surface area contributed by atoms with Gasteiger partial charge in [0.05, 0.1) is 11.0 Å². The third-order valence-corrected chi connectivity index (χ3v) is 4.86. The first-order chi connectivity index (χ1) is 10.3. The molecule has 0 bridgehead atoms. The van der Waals surface area contributed by atoms with Crippen molar-refractivity contribution in [2.75, 3.05) is 0 Å². The Morgan fingerprint density at radius 3 is 2.76 bits per heavy atom. The van der Waals surface area contributed by atoms with Gasteiger partial charge < -0.3 is 10.3 Å². The van der Waals surface area contributed by atoms with E-state index in [1.54, 1.807) is 0 Å². The fraction of sp³-hybridized carbons (Fsp3) is 0.611. The fourth-order valence-electron chi connectivity index (χ4n) is 3.80. The first-order valence-corrected chi connectivity index (χ1v) is 8.47. The summed E-state index contributed by atoms with van der Waals surface area (Å²) in [6.07, 6.45) is 9.01. The van der Waals surface area contributed by atoms with E-state index in [1.807, 2.05) is 0 Å². The maximum atomic E-state index is 6.43. The second kappa shape index (κ2) is 6.61. The van der Waals surface area contributed by atoms with Crippen molar-refractivity contribution >= 4 is 11.0 Å². The lowest BCUT2D eigenvalue weighted by molar-refractivity contribution is 0.315. The summed E-state index contributed by atoms with van der Waals surface area (Å²) >= 11 is 0. The first kappa shape index (κ1) is 14.6. The van der Waals surface area contributed by atoms with Crippen LogP contribution >= 0.6 is 0 Å². The molecule has 21 heavy (non-hydrogen) atoms. The summed E-state index contributed by atoms with van der Waals surface area (Å²) in [4.78, 5) is 4.80. The number of hydrogen-bond acceptors (Lipinski definition) is 2. The number of nitrogens with zero attached hydrogens (tertiary/aromatic N) is 2. The van der Waals surface area contributed by atoms with Gasteiger partial charge in [-0.05, 0) is 31.4 Å². The summed E-state index contributed by atoms with van der Waals surface area (Å²) < 4.78 is 2.32. The molecule has 0 spiro atoms. The van der Waals surface area contributed by atoms with E-state index in [2.05, 4.69) is 35.8 Å². The number of nitrogens with two attached hydrogens (primary N) is 1. The first-order valence-electron chi connectivity index (χ1n) is 8.47. The third kappa shape index (κ3) is 3.29. The monoisotopic (exact) mass is 285 g/mol. The molecule has 1 atom stereocenters. The Kier molecular flexibility index (Phi) is 4.59. The second-order valence-electron chi connectivity index (χ2n) is 6.46. The van der Waals surface area contributed by atoms with Gasteiger partial charge >= 0.3 is 0 Å². The standard InChI is InChI=1S/C18H27N3/c1-2-21-17-11-7-6-10-16(17)20-18(21)13-15(19)12-14-8-4-3-5-9-14/h6-7,10-11,14-15H,2-5,8-9,12-13,19H2,1H3. The number of benzene rings is 1. The molecule has 3 nitrogen and oxygen atoms in total. The van der Waals surface area contributed by atoms with Crippen LogP contribution in [0.3, 0.4) is 0 Å². The number of aromatic nitrogens is 2. The number of imidazole rings is 1. The van der Waals surface area contributed by atoms with Gasteiger partial charge in [0.2, 0.25) is 0 Å². The van der Waals surface area contributed by atoms with Crippen molar-refractivity contribution in [2.45, 2.75) is 64.5 Å². The number of para-hydroxylation sites is 2. The van der Waals surface area contributed by atoms with Crippen LogP contribution in [0.1, 0.15) is 51.3 Å². The number of aryl methyl sites for hydroxylation is 1. The molecule has 0 amide bonds. The van der Waals surface area contributed by atoms with E-state index >= 15 is 0 Å². The van der Waals surface area contributed by atoms with E-state index in [1.165, 1.54) is 37.6 Å². The lowest BCUT2D eigenvalue weighted by Crippen LogP contribution is -2.28. The molecule has 0 saturated heterocycles. The number of rotatable bonds is 5. The fourth-order valence-corrected chi connectivity index (χ4v) is 3.80. The Hall–Kier alpha value is -1.35. The lowest BCUT2D eigenvalue weighted by Gasteiger charge is -2.24. The lowest BCUT2D eigenvalue weighted by atomic mass is 9.84. The number of hydrogen-bond donors (Lipinski definition) is 1. The molecule has 1 heterocycles. The Morgan fingerprint density at radius 2 is 2.00 bits per heavy atom. The van der Waals surface area contributed by atoms with Crippen molar-refractivity contribution in [3.8, 4) is 0 Å². The van der Waals surface area contributed by atoms with Gasteiger partial charge in [0, 0.05) is 19.0 Å². The van der Waals surface area contributed by atoms with Crippen LogP contribution in [0, 0.1) is 5.92 Å². The third-order valence-electron chi connectivity index (χ3n) is 4.86. The maximum Gasteiger partial charge on any atom is 0.111 e. The van der Waals surface area contributed by atoms with Crippen molar-refractivity contribution < 1.29 is 0 Å². The summed E-state index contributed by atoms with van der Waals surface area (Å²) in [5.41, 5.74) is 8.76. The minimum Gasteiger partial charge on any atom is -0.328 e. The summed E-state index contributed by atoms with van der Waals surface area (Å²) in [5.74, 6) is 2.00.